The van der Waals surface area contributed by atoms with E-state index in [1.54, 1.807) is 0 Å². The molecule has 4 nitrogen and oxygen atoms in total. The van der Waals surface area contributed by atoms with Gasteiger partial charge in [-0.15, -0.1) is 0 Å². The van der Waals surface area contributed by atoms with Crippen molar-refractivity contribution in [2.24, 2.45) is 0 Å². The molecule has 2 heterocycles. The Morgan fingerprint density at radius 1 is 1.33 bits per heavy atom. The molecule has 1 unspecified atom stereocenters. The number of benzene rings is 1. The molecule has 1 atom stereocenters. The number of aromatic nitrogens is 2. The van der Waals surface area contributed by atoms with E-state index in [-0.39, 0.29) is 0 Å². The zero-order valence-corrected chi connectivity index (χ0v) is 14.1. The molecule has 1 aliphatic rings. The van der Waals surface area contributed by atoms with Crippen molar-refractivity contribution in [2.45, 2.75) is 45.2 Å². The van der Waals surface area contributed by atoms with Crippen LogP contribution in [0.25, 0.3) is 11.0 Å². The first-order valence-electron chi connectivity index (χ1n) is 7.80. The lowest BCUT2D eigenvalue weighted by Gasteiger charge is -2.33. The molecule has 0 spiro atoms. The van der Waals surface area contributed by atoms with Crippen molar-refractivity contribution in [1.29, 1.82) is 0 Å². The molecule has 1 fully saturated rings. The quantitative estimate of drug-likeness (QED) is 0.915. The number of imidazole rings is 1. The molecule has 2 N–H and O–H groups in total. The lowest BCUT2D eigenvalue weighted by Crippen LogP contribution is -2.38. The van der Waals surface area contributed by atoms with Crippen LogP contribution < -0.4 is 5.73 Å². The summed E-state index contributed by atoms with van der Waals surface area (Å²) in [5, 5.41) is 0. The third kappa shape index (κ3) is 3.24. The minimum absolute atomic E-state index is 0.620. The number of fused-ring (bicyclic) bond motifs is 1. The van der Waals surface area contributed by atoms with E-state index in [1.807, 2.05) is 12.1 Å². The average molecular weight is 351 g/mol. The molecule has 1 aromatic heterocycles. The summed E-state index contributed by atoms with van der Waals surface area (Å²) in [7, 11) is 0. The van der Waals surface area contributed by atoms with Gasteiger partial charge in [0.05, 0.1) is 11.0 Å². The van der Waals surface area contributed by atoms with Gasteiger partial charge in [0, 0.05) is 23.6 Å². The minimum atomic E-state index is 0.620. The Kier molecular flexibility index (Phi) is 4.50. The normalized spacial score (nSPS) is 20.2. The predicted molar refractivity (Wildman–Crippen MR) is 91.3 cm³/mol. The molecule has 2 aromatic rings. The third-order valence-corrected chi connectivity index (χ3v) is 5.00. The molecular weight excluding hydrogens is 328 g/mol. The van der Waals surface area contributed by atoms with Crippen molar-refractivity contribution in [2.75, 3.05) is 18.8 Å². The minimum Gasteiger partial charge on any atom is -0.369 e. The number of anilines is 1. The Morgan fingerprint density at radius 3 is 3.00 bits per heavy atom. The van der Waals surface area contributed by atoms with Crippen LogP contribution in [0.5, 0.6) is 0 Å². The van der Waals surface area contributed by atoms with Gasteiger partial charge in [-0.3, -0.25) is 0 Å². The molecule has 0 radical (unpaired) electrons. The fourth-order valence-corrected chi connectivity index (χ4v) is 3.63. The van der Waals surface area contributed by atoms with Crippen LogP contribution >= 0.6 is 15.9 Å². The van der Waals surface area contributed by atoms with Gasteiger partial charge in [0.15, 0.2) is 0 Å². The Hall–Kier alpha value is -1.07. The highest BCUT2D eigenvalue weighted by Crippen LogP contribution is 2.23. The Labute approximate surface area is 134 Å². The number of rotatable bonds is 4. The average Bonchev–Trinajstić information content (AvgIpc) is 2.76. The molecule has 1 aromatic carbocycles. The smallest absolute Gasteiger partial charge is 0.201 e. The van der Waals surface area contributed by atoms with Gasteiger partial charge in [0.2, 0.25) is 5.95 Å². The zero-order valence-electron chi connectivity index (χ0n) is 12.6. The van der Waals surface area contributed by atoms with Crippen LogP contribution in [0, 0.1) is 0 Å². The molecule has 1 saturated heterocycles. The highest BCUT2D eigenvalue weighted by molar-refractivity contribution is 9.10. The summed E-state index contributed by atoms with van der Waals surface area (Å²) in [6.07, 6.45) is 5.18. The monoisotopic (exact) mass is 350 g/mol. The van der Waals surface area contributed by atoms with E-state index in [0.29, 0.717) is 5.95 Å². The van der Waals surface area contributed by atoms with Gasteiger partial charge in [0.1, 0.15) is 0 Å². The Balaban J connectivity index is 1.66. The summed E-state index contributed by atoms with van der Waals surface area (Å²) >= 11 is 3.48. The van der Waals surface area contributed by atoms with Crippen LogP contribution in [0.3, 0.4) is 0 Å². The van der Waals surface area contributed by atoms with Crippen LogP contribution in [0.15, 0.2) is 22.7 Å². The standard InChI is InChI=1S/C16H23BrN4/c1-12-5-2-3-8-20(12)9-4-10-21-15-7-6-13(17)11-14(15)19-16(21)18/h6-7,11-12H,2-5,8-10H2,1H3,(H2,18,19). The molecule has 0 amide bonds. The van der Waals surface area contributed by atoms with Gasteiger partial charge in [-0.1, -0.05) is 22.4 Å². The molecule has 1 aliphatic heterocycles. The van der Waals surface area contributed by atoms with Gasteiger partial charge >= 0.3 is 0 Å². The van der Waals surface area contributed by atoms with Crippen LogP contribution in [0.2, 0.25) is 0 Å². The number of piperidine rings is 1. The maximum absolute atomic E-state index is 6.07. The topological polar surface area (TPSA) is 47.1 Å². The van der Waals surface area contributed by atoms with Gasteiger partial charge in [-0.05, 0) is 50.9 Å². The lowest BCUT2D eigenvalue weighted by atomic mass is 10.0. The SMILES string of the molecule is CC1CCCCN1CCCn1c(N)nc2cc(Br)ccc21. The second-order valence-corrected chi connectivity index (χ2v) is 6.90. The Bertz CT molecular complexity index is 622. The van der Waals surface area contributed by atoms with E-state index >= 15 is 0 Å². The predicted octanol–water partition coefficient (Wildman–Crippen LogP) is 3.65. The zero-order chi connectivity index (χ0) is 14.8. The number of halogens is 1. The summed E-state index contributed by atoms with van der Waals surface area (Å²) in [6, 6.07) is 6.89. The fourth-order valence-electron chi connectivity index (χ4n) is 3.28. The largest absolute Gasteiger partial charge is 0.369 e. The second kappa shape index (κ2) is 6.36. The molecule has 21 heavy (non-hydrogen) atoms. The number of hydrogen-bond acceptors (Lipinski definition) is 3. The van der Waals surface area contributed by atoms with Crippen molar-refractivity contribution in [3.05, 3.63) is 22.7 Å². The highest BCUT2D eigenvalue weighted by Gasteiger charge is 2.17. The van der Waals surface area contributed by atoms with Crippen LogP contribution in [0.4, 0.5) is 5.95 Å². The number of hydrogen-bond donors (Lipinski definition) is 1. The fraction of sp³-hybridized carbons (Fsp3) is 0.562. The van der Waals surface area contributed by atoms with E-state index < -0.39 is 0 Å². The molecule has 0 bridgehead atoms. The van der Waals surface area contributed by atoms with Gasteiger partial charge < -0.3 is 15.2 Å². The first-order valence-corrected chi connectivity index (χ1v) is 8.60. The second-order valence-electron chi connectivity index (χ2n) is 5.99. The highest BCUT2D eigenvalue weighted by atomic mass is 79.9. The van der Waals surface area contributed by atoms with Gasteiger partial charge in [-0.2, -0.15) is 0 Å². The first kappa shape index (κ1) is 14.9. The van der Waals surface area contributed by atoms with Crippen molar-refractivity contribution in [1.82, 2.24) is 14.5 Å². The lowest BCUT2D eigenvalue weighted by molar-refractivity contribution is 0.157. The first-order chi connectivity index (χ1) is 10.1. The van der Waals surface area contributed by atoms with Crippen molar-refractivity contribution >= 4 is 32.9 Å². The van der Waals surface area contributed by atoms with E-state index in [0.717, 1.165) is 41.1 Å². The molecule has 114 valence electrons. The van der Waals surface area contributed by atoms with E-state index in [2.05, 4.69) is 43.4 Å². The van der Waals surface area contributed by atoms with E-state index in [9.17, 15) is 0 Å². The summed E-state index contributed by atoms with van der Waals surface area (Å²) < 4.78 is 3.18. The van der Waals surface area contributed by atoms with Crippen molar-refractivity contribution in [3.8, 4) is 0 Å². The summed E-state index contributed by atoms with van der Waals surface area (Å²) in [4.78, 5) is 7.06. The van der Waals surface area contributed by atoms with Crippen LogP contribution in [0.1, 0.15) is 32.6 Å². The molecule has 0 aliphatic carbocycles. The van der Waals surface area contributed by atoms with Crippen LogP contribution in [-0.2, 0) is 6.54 Å². The van der Waals surface area contributed by atoms with Gasteiger partial charge in [-0.25, -0.2) is 4.98 Å². The summed E-state index contributed by atoms with van der Waals surface area (Å²) in [5.74, 6) is 0.620. The summed E-state index contributed by atoms with van der Waals surface area (Å²) in [5.41, 5.74) is 8.17. The number of likely N-dealkylation sites (tertiary alicyclic amines) is 1. The Morgan fingerprint density at radius 2 is 2.19 bits per heavy atom. The number of nitrogen functional groups attached to an aromatic ring is 1. The van der Waals surface area contributed by atoms with E-state index in [1.165, 1.54) is 25.8 Å². The maximum atomic E-state index is 6.07. The van der Waals surface area contributed by atoms with Crippen molar-refractivity contribution in [3.63, 3.8) is 0 Å². The van der Waals surface area contributed by atoms with E-state index in [4.69, 9.17) is 5.73 Å². The number of aryl methyl sites for hydroxylation is 1. The molecule has 3 rings (SSSR count). The molecular formula is C16H23BrN4. The summed E-state index contributed by atoms with van der Waals surface area (Å²) in [6.45, 7) is 5.68. The molecule has 5 heteroatoms. The number of nitrogens with zero attached hydrogens (tertiary/aromatic N) is 3. The van der Waals surface area contributed by atoms with Crippen molar-refractivity contribution < 1.29 is 0 Å². The van der Waals surface area contributed by atoms with Crippen LogP contribution in [-0.4, -0.2) is 33.6 Å². The number of nitrogens with two attached hydrogens (primary N) is 1. The maximum Gasteiger partial charge on any atom is 0.201 e. The third-order valence-electron chi connectivity index (χ3n) is 4.51. The van der Waals surface area contributed by atoms with Gasteiger partial charge in [0.25, 0.3) is 0 Å². The molecule has 0 saturated carbocycles.